The maximum absolute atomic E-state index is 13.3. The van der Waals surface area contributed by atoms with Crippen LogP contribution < -0.4 is 10.5 Å². The number of aromatic nitrogens is 2. The quantitative estimate of drug-likeness (QED) is 0.513. The summed E-state index contributed by atoms with van der Waals surface area (Å²) in [6, 6.07) is 15.2. The average molecular weight is 420 g/mol. The van der Waals surface area contributed by atoms with Crippen LogP contribution in [0.25, 0.3) is 10.9 Å². The van der Waals surface area contributed by atoms with Crippen LogP contribution in [0.2, 0.25) is 0 Å². The van der Waals surface area contributed by atoms with Crippen LogP contribution in [0.15, 0.2) is 87.7 Å². The van der Waals surface area contributed by atoms with E-state index in [1.165, 1.54) is 11.8 Å². The van der Waals surface area contributed by atoms with Crippen molar-refractivity contribution in [2.45, 2.75) is 21.3 Å². The number of hydrogen-bond acceptors (Lipinski definition) is 5. The van der Waals surface area contributed by atoms with Gasteiger partial charge in [0.25, 0.3) is 5.56 Å². The molecule has 0 saturated heterocycles. The van der Waals surface area contributed by atoms with Gasteiger partial charge in [0.05, 0.1) is 33.6 Å². The Labute approximate surface area is 175 Å². The molecule has 1 aliphatic carbocycles. The summed E-state index contributed by atoms with van der Waals surface area (Å²) in [5.74, 6) is 0.189. The smallest absolute Gasteiger partial charge is 0.259 e. The number of amides is 1. The van der Waals surface area contributed by atoms with Crippen LogP contribution in [-0.2, 0) is 4.79 Å². The normalized spacial score (nSPS) is 19.8. The standard InChI is InChI=1S/C22H17N3O2S2/c26-20(13-28-22-23-15-8-2-1-7-14(15)21(27)24-22)25-16-9-3-5-11-18(16)29-19-12-6-4-10-17(19)25/h1-12,16,18H,13H2,(H,23,24,27)/t16-,18-/m1/s1. The Morgan fingerprint density at radius 1 is 1.10 bits per heavy atom. The highest BCUT2D eigenvalue weighted by molar-refractivity contribution is 8.00. The van der Waals surface area contributed by atoms with Crippen LogP contribution in [0.5, 0.6) is 0 Å². The van der Waals surface area contributed by atoms with Gasteiger partial charge < -0.3 is 9.88 Å². The third-order valence-corrected chi connectivity index (χ3v) is 7.10. The Bertz CT molecular complexity index is 1220. The van der Waals surface area contributed by atoms with Gasteiger partial charge >= 0.3 is 0 Å². The number of benzene rings is 2. The number of aromatic amines is 1. The number of anilines is 1. The lowest BCUT2D eigenvalue weighted by Crippen LogP contribution is -2.48. The summed E-state index contributed by atoms with van der Waals surface area (Å²) in [6.45, 7) is 0. The highest BCUT2D eigenvalue weighted by Crippen LogP contribution is 2.43. The Morgan fingerprint density at radius 3 is 2.83 bits per heavy atom. The maximum atomic E-state index is 13.3. The first kappa shape index (κ1) is 18.3. The van der Waals surface area contributed by atoms with Crippen molar-refractivity contribution in [1.29, 1.82) is 0 Å². The van der Waals surface area contributed by atoms with Gasteiger partial charge in [-0.3, -0.25) is 9.59 Å². The minimum absolute atomic E-state index is 0.00601. The van der Waals surface area contributed by atoms with E-state index >= 15 is 0 Å². The van der Waals surface area contributed by atoms with Crippen molar-refractivity contribution in [1.82, 2.24) is 9.97 Å². The Balaban J connectivity index is 1.42. The number of thioether (sulfide) groups is 2. The Morgan fingerprint density at radius 2 is 1.90 bits per heavy atom. The number of rotatable bonds is 3. The van der Waals surface area contributed by atoms with E-state index in [9.17, 15) is 9.59 Å². The number of carbonyl (C=O) groups is 1. The molecule has 0 unspecified atom stereocenters. The van der Waals surface area contributed by atoms with Gasteiger partial charge in [-0.25, -0.2) is 4.98 Å². The molecule has 0 radical (unpaired) electrons. The number of allylic oxidation sites excluding steroid dienone is 2. The van der Waals surface area contributed by atoms with Crippen LogP contribution in [-0.4, -0.2) is 32.9 Å². The lowest BCUT2D eigenvalue weighted by Gasteiger charge is -2.40. The predicted octanol–water partition coefficient (Wildman–Crippen LogP) is 4.02. The second-order valence-electron chi connectivity index (χ2n) is 6.75. The maximum Gasteiger partial charge on any atom is 0.259 e. The van der Waals surface area contributed by atoms with E-state index in [4.69, 9.17) is 0 Å². The monoisotopic (exact) mass is 419 g/mol. The first-order chi connectivity index (χ1) is 14.2. The van der Waals surface area contributed by atoms with E-state index in [-0.39, 0.29) is 28.5 Å². The van der Waals surface area contributed by atoms with E-state index in [1.54, 1.807) is 23.9 Å². The predicted molar refractivity (Wildman–Crippen MR) is 119 cm³/mol. The summed E-state index contributed by atoms with van der Waals surface area (Å²) in [5.41, 5.74) is 1.38. The third kappa shape index (κ3) is 3.41. The van der Waals surface area contributed by atoms with Gasteiger partial charge in [0.2, 0.25) is 5.91 Å². The van der Waals surface area contributed by atoms with Gasteiger partial charge in [-0.15, -0.1) is 11.8 Å². The molecule has 5 rings (SSSR count). The van der Waals surface area contributed by atoms with Gasteiger partial charge in [-0.2, -0.15) is 0 Å². The van der Waals surface area contributed by atoms with E-state index < -0.39 is 0 Å². The third-order valence-electron chi connectivity index (χ3n) is 4.93. The highest BCUT2D eigenvalue weighted by Gasteiger charge is 2.36. The number of fused-ring (bicyclic) bond motifs is 3. The Hall–Kier alpha value is -2.77. The molecule has 0 bridgehead atoms. The van der Waals surface area contributed by atoms with E-state index in [0.29, 0.717) is 16.1 Å². The molecule has 144 valence electrons. The van der Waals surface area contributed by atoms with Crippen molar-refractivity contribution in [3.8, 4) is 0 Å². The molecule has 2 aliphatic rings. The first-order valence-electron chi connectivity index (χ1n) is 9.25. The summed E-state index contributed by atoms with van der Waals surface area (Å²) < 4.78 is 0. The lowest BCUT2D eigenvalue weighted by molar-refractivity contribution is -0.116. The van der Waals surface area contributed by atoms with Gasteiger partial charge in [0.15, 0.2) is 5.16 Å². The molecule has 1 N–H and O–H groups in total. The van der Waals surface area contributed by atoms with E-state index in [0.717, 1.165) is 10.6 Å². The van der Waals surface area contributed by atoms with Gasteiger partial charge in [0, 0.05) is 4.90 Å². The van der Waals surface area contributed by atoms with Crippen molar-refractivity contribution < 1.29 is 4.79 Å². The van der Waals surface area contributed by atoms with Crippen LogP contribution in [0.3, 0.4) is 0 Å². The summed E-state index contributed by atoms with van der Waals surface area (Å²) in [6.07, 6.45) is 8.24. The zero-order valence-electron chi connectivity index (χ0n) is 15.3. The molecule has 2 heterocycles. The molecule has 2 atom stereocenters. The fourth-order valence-corrected chi connectivity index (χ4v) is 5.60. The molecule has 0 fully saturated rings. The van der Waals surface area contributed by atoms with Crippen molar-refractivity contribution in [3.05, 3.63) is 83.2 Å². The summed E-state index contributed by atoms with van der Waals surface area (Å²) in [4.78, 5) is 35.8. The zero-order chi connectivity index (χ0) is 19.8. The molecule has 7 heteroatoms. The SMILES string of the molecule is O=C(CSc1nc2ccccc2c(=O)[nH]1)N1c2ccccc2S[C@@H]2C=CC=C[C@H]21. The number of nitrogens with one attached hydrogen (secondary N) is 1. The fraction of sp³-hybridized carbons (Fsp3) is 0.136. The molecule has 0 spiro atoms. The number of carbonyl (C=O) groups excluding carboxylic acids is 1. The van der Waals surface area contributed by atoms with Crippen LogP contribution in [0, 0.1) is 0 Å². The lowest BCUT2D eigenvalue weighted by atomic mass is 10.0. The van der Waals surface area contributed by atoms with Gasteiger partial charge in [-0.05, 0) is 24.3 Å². The number of hydrogen-bond donors (Lipinski definition) is 1. The van der Waals surface area contributed by atoms with E-state index in [1.807, 2.05) is 47.4 Å². The summed E-state index contributed by atoms with van der Waals surface area (Å²) >= 11 is 3.04. The fourth-order valence-electron chi connectivity index (χ4n) is 3.61. The topological polar surface area (TPSA) is 66.1 Å². The summed E-state index contributed by atoms with van der Waals surface area (Å²) in [7, 11) is 0. The minimum atomic E-state index is -0.189. The zero-order valence-corrected chi connectivity index (χ0v) is 17.0. The highest BCUT2D eigenvalue weighted by atomic mass is 32.2. The first-order valence-corrected chi connectivity index (χ1v) is 11.1. The molecule has 3 aromatic rings. The number of H-pyrrole nitrogens is 1. The molecule has 1 amide bonds. The molecule has 29 heavy (non-hydrogen) atoms. The average Bonchev–Trinajstić information content (AvgIpc) is 2.76. The van der Waals surface area contributed by atoms with E-state index in [2.05, 4.69) is 28.2 Å². The molecule has 0 saturated carbocycles. The van der Waals surface area contributed by atoms with Gasteiger partial charge in [0.1, 0.15) is 0 Å². The molecular weight excluding hydrogens is 402 g/mol. The molecular formula is C22H17N3O2S2. The summed E-state index contributed by atoms with van der Waals surface area (Å²) in [5, 5.41) is 1.20. The number of para-hydroxylation sites is 2. The van der Waals surface area contributed by atoms with Crippen molar-refractivity contribution >= 4 is 46.0 Å². The second kappa shape index (κ2) is 7.57. The molecule has 2 aromatic carbocycles. The second-order valence-corrected chi connectivity index (χ2v) is 8.94. The van der Waals surface area contributed by atoms with Crippen LogP contribution in [0.4, 0.5) is 5.69 Å². The van der Waals surface area contributed by atoms with Crippen molar-refractivity contribution in [2.75, 3.05) is 10.7 Å². The Kier molecular flexibility index (Phi) is 4.77. The van der Waals surface area contributed by atoms with Crippen molar-refractivity contribution in [2.24, 2.45) is 0 Å². The number of nitrogens with zero attached hydrogens (tertiary/aromatic N) is 2. The van der Waals surface area contributed by atoms with Crippen molar-refractivity contribution in [3.63, 3.8) is 0 Å². The molecule has 5 nitrogen and oxygen atoms in total. The van der Waals surface area contributed by atoms with Crippen LogP contribution in [0.1, 0.15) is 0 Å². The molecule has 1 aliphatic heterocycles. The minimum Gasteiger partial charge on any atom is -0.302 e. The molecule has 1 aromatic heterocycles. The van der Waals surface area contributed by atoms with Crippen LogP contribution >= 0.6 is 23.5 Å². The largest absolute Gasteiger partial charge is 0.302 e. The van der Waals surface area contributed by atoms with Gasteiger partial charge in [-0.1, -0.05) is 60.3 Å².